The quantitative estimate of drug-likeness (QED) is 0.898. The monoisotopic (exact) mass is 279 g/mol. The largest absolute Gasteiger partial charge is 0.311 e. The van der Waals surface area contributed by atoms with Gasteiger partial charge >= 0.3 is 0 Å². The Balaban J connectivity index is 1.64. The van der Waals surface area contributed by atoms with Crippen LogP contribution in [0.4, 0.5) is 0 Å². The third-order valence-electron chi connectivity index (χ3n) is 4.51. The van der Waals surface area contributed by atoms with Gasteiger partial charge in [0.1, 0.15) is 5.01 Å². The number of aromatic nitrogens is 1. The fourth-order valence-electron chi connectivity index (χ4n) is 3.05. The van der Waals surface area contributed by atoms with Crippen LogP contribution in [0.2, 0.25) is 0 Å². The number of rotatable bonds is 5. The second-order valence-electron chi connectivity index (χ2n) is 5.92. The molecule has 1 N–H and O–H groups in total. The first kappa shape index (κ1) is 13.5. The van der Waals surface area contributed by atoms with Crippen molar-refractivity contribution in [1.82, 2.24) is 15.2 Å². The number of nitrogens with one attached hydrogen (secondary N) is 1. The number of hydrogen-bond acceptors (Lipinski definition) is 4. The van der Waals surface area contributed by atoms with Crippen LogP contribution in [0.25, 0.3) is 0 Å². The summed E-state index contributed by atoms with van der Waals surface area (Å²) in [5, 5.41) is 5.05. The Morgan fingerprint density at radius 1 is 1.42 bits per heavy atom. The van der Waals surface area contributed by atoms with Gasteiger partial charge in [-0.3, -0.25) is 4.90 Å². The summed E-state index contributed by atoms with van der Waals surface area (Å²) in [6, 6.07) is 1.41. The summed E-state index contributed by atoms with van der Waals surface area (Å²) < 4.78 is 0. The molecule has 1 saturated carbocycles. The second-order valence-corrected chi connectivity index (χ2v) is 7.12. The van der Waals surface area contributed by atoms with E-state index in [4.69, 9.17) is 0 Å². The summed E-state index contributed by atoms with van der Waals surface area (Å²) >= 11 is 1.89. The fraction of sp³-hybridized carbons (Fsp3) is 0.800. The van der Waals surface area contributed by atoms with E-state index < -0.39 is 0 Å². The van der Waals surface area contributed by atoms with Gasteiger partial charge in [0.25, 0.3) is 0 Å². The molecule has 2 unspecified atom stereocenters. The van der Waals surface area contributed by atoms with Crippen molar-refractivity contribution in [3.63, 3.8) is 0 Å². The molecule has 1 aliphatic heterocycles. The Morgan fingerprint density at radius 2 is 2.26 bits per heavy atom. The van der Waals surface area contributed by atoms with Crippen LogP contribution in [0.15, 0.2) is 6.20 Å². The van der Waals surface area contributed by atoms with Crippen LogP contribution in [0, 0.1) is 5.92 Å². The molecular formula is C15H25N3S. The molecule has 0 amide bonds. The van der Waals surface area contributed by atoms with Gasteiger partial charge in [0.15, 0.2) is 0 Å². The predicted octanol–water partition coefficient (Wildman–Crippen LogP) is 2.67. The van der Waals surface area contributed by atoms with Crippen molar-refractivity contribution >= 4 is 11.3 Å². The van der Waals surface area contributed by atoms with Gasteiger partial charge in [-0.1, -0.05) is 13.8 Å². The van der Waals surface area contributed by atoms with Crippen molar-refractivity contribution in [1.29, 1.82) is 0 Å². The Bertz CT molecular complexity index is 413. The zero-order valence-electron chi connectivity index (χ0n) is 12.1. The highest BCUT2D eigenvalue weighted by molar-refractivity contribution is 7.11. The topological polar surface area (TPSA) is 28.2 Å². The molecule has 1 saturated heterocycles. The highest BCUT2D eigenvalue weighted by Gasteiger charge is 2.36. The zero-order valence-corrected chi connectivity index (χ0v) is 12.9. The van der Waals surface area contributed by atoms with E-state index in [1.807, 2.05) is 11.3 Å². The molecule has 1 aromatic rings. The molecule has 2 atom stereocenters. The molecule has 0 bridgehead atoms. The SMILES string of the molecule is CCc1cnc(CN2CC(C3CC3)NCC2CC)s1. The lowest BCUT2D eigenvalue weighted by Crippen LogP contribution is -2.56. The van der Waals surface area contributed by atoms with Crippen molar-refractivity contribution in [3.05, 3.63) is 16.1 Å². The maximum Gasteiger partial charge on any atom is 0.107 e. The van der Waals surface area contributed by atoms with Crippen molar-refractivity contribution in [2.24, 2.45) is 5.92 Å². The summed E-state index contributed by atoms with van der Waals surface area (Å²) in [4.78, 5) is 8.67. The van der Waals surface area contributed by atoms with Gasteiger partial charge in [0.05, 0.1) is 6.54 Å². The third-order valence-corrected chi connectivity index (χ3v) is 5.64. The minimum Gasteiger partial charge on any atom is -0.311 e. The summed E-state index contributed by atoms with van der Waals surface area (Å²) in [6.45, 7) is 7.93. The predicted molar refractivity (Wildman–Crippen MR) is 80.5 cm³/mol. The summed E-state index contributed by atoms with van der Waals surface area (Å²) in [6.07, 6.45) is 7.26. The summed E-state index contributed by atoms with van der Waals surface area (Å²) in [5.74, 6) is 0.947. The van der Waals surface area contributed by atoms with Gasteiger partial charge in [-0.15, -0.1) is 11.3 Å². The molecule has 2 aliphatic rings. The fourth-order valence-corrected chi connectivity index (χ4v) is 3.94. The van der Waals surface area contributed by atoms with Crippen molar-refractivity contribution in [2.45, 2.75) is 58.2 Å². The first-order valence-electron chi connectivity index (χ1n) is 7.71. The molecular weight excluding hydrogens is 254 g/mol. The molecule has 4 heteroatoms. The molecule has 2 fully saturated rings. The lowest BCUT2D eigenvalue weighted by molar-refractivity contribution is 0.111. The van der Waals surface area contributed by atoms with Gasteiger partial charge in [-0.25, -0.2) is 4.98 Å². The average Bonchev–Trinajstić information content (AvgIpc) is 3.19. The average molecular weight is 279 g/mol. The van der Waals surface area contributed by atoms with Crippen LogP contribution in [-0.4, -0.2) is 35.1 Å². The highest BCUT2D eigenvalue weighted by atomic mass is 32.1. The van der Waals surface area contributed by atoms with E-state index in [9.17, 15) is 0 Å². The molecule has 0 aromatic carbocycles. The number of thiazole rings is 1. The van der Waals surface area contributed by atoms with Crippen LogP contribution in [0.3, 0.4) is 0 Å². The van der Waals surface area contributed by atoms with Crippen molar-refractivity contribution in [3.8, 4) is 0 Å². The Labute approximate surface area is 120 Å². The smallest absolute Gasteiger partial charge is 0.107 e. The number of hydrogen-bond donors (Lipinski definition) is 1. The van der Waals surface area contributed by atoms with Crippen LogP contribution in [-0.2, 0) is 13.0 Å². The zero-order chi connectivity index (χ0) is 13.2. The summed E-state index contributed by atoms with van der Waals surface area (Å²) in [7, 11) is 0. The summed E-state index contributed by atoms with van der Waals surface area (Å²) in [5.41, 5.74) is 0. The van der Waals surface area contributed by atoms with E-state index in [1.54, 1.807) is 0 Å². The van der Waals surface area contributed by atoms with E-state index >= 15 is 0 Å². The van der Waals surface area contributed by atoms with Crippen LogP contribution >= 0.6 is 11.3 Å². The Morgan fingerprint density at radius 3 is 2.89 bits per heavy atom. The minimum atomic E-state index is 0.684. The molecule has 106 valence electrons. The van der Waals surface area contributed by atoms with Gasteiger partial charge in [0.2, 0.25) is 0 Å². The molecule has 0 radical (unpaired) electrons. The van der Waals surface area contributed by atoms with E-state index in [0.717, 1.165) is 31.5 Å². The van der Waals surface area contributed by atoms with Crippen LogP contribution < -0.4 is 5.32 Å². The van der Waals surface area contributed by atoms with Crippen LogP contribution in [0.5, 0.6) is 0 Å². The maximum absolute atomic E-state index is 4.59. The van der Waals surface area contributed by atoms with E-state index in [1.165, 1.54) is 35.7 Å². The lowest BCUT2D eigenvalue weighted by Gasteiger charge is -2.40. The van der Waals surface area contributed by atoms with E-state index in [2.05, 4.69) is 35.2 Å². The van der Waals surface area contributed by atoms with Crippen molar-refractivity contribution < 1.29 is 0 Å². The third kappa shape index (κ3) is 3.18. The van der Waals surface area contributed by atoms with Gasteiger partial charge in [0, 0.05) is 36.2 Å². The molecule has 1 aromatic heterocycles. The lowest BCUT2D eigenvalue weighted by atomic mass is 10.0. The highest BCUT2D eigenvalue weighted by Crippen LogP contribution is 2.34. The Hall–Kier alpha value is -0.450. The van der Waals surface area contributed by atoms with E-state index in [-0.39, 0.29) is 0 Å². The maximum atomic E-state index is 4.59. The molecule has 3 rings (SSSR count). The first-order valence-corrected chi connectivity index (χ1v) is 8.52. The number of piperazine rings is 1. The molecule has 3 nitrogen and oxygen atoms in total. The first-order chi connectivity index (χ1) is 9.30. The molecule has 19 heavy (non-hydrogen) atoms. The number of nitrogens with zero attached hydrogens (tertiary/aromatic N) is 2. The van der Waals surface area contributed by atoms with Gasteiger partial charge in [-0.2, -0.15) is 0 Å². The Kier molecular flexibility index (Phi) is 4.20. The molecule has 0 spiro atoms. The second kappa shape index (κ2) is 5.90. The molecule has 2 heterocycles. The molecule has 1 aliphatic carbocycles. The standard InChI is InChI=1S/C15H25N3S/c1-3-12-7-16-14(11-5-6-11)9-18(12)10-15-17-8-13(4-2)19-15/h8,11-12,14,16H,3-7,9-10H2,1-2H3. The number of aryl methyl sites for hydroxylation is 1. The van der Waals surface area contributed by atoms with Crippen molar-refractivity contribution in [2.75, 3.05) is 13.1 Å². The van der Waals surface area contributed by atoms with Gasteiger partial charge in [-0.05, 0) is 31.6 Å². The van der Waals surface area contributed by atoms with E-state index in [0.29, 0.717) is 6.04 Å². The van der Waals surface area contributed by atoms with Gasteiger partial charge < -0.3 is 5.32 Å². The normalized spacial score (nSPS) is 28.7. The van der Waals surface area contributed by atoms with Crippen LogP contribution in [0.1, 0.15) is 43.0 Å². The minimum absolute atomic E-state index is 0.684.